The van der Waals surface area contributed by atoms with Gasteiger partial charge in [-0.25, -0.2) is 8.42 Å². The molecule has 1 amide bonds. The molecule has 1 aliphatic rings. The summed E-state index contributed by atoms with van der Waals surface area (Å²) in [5.74, 6) is -0.181. The highest BCUT2D eigenvalue weighted by Crippen LogP contribution is 2.26. The van der Waals surface area contributed by atoms with Crippen molar-refractivity contribution in [1.29, 1.82) is 0 Å². The fourth-order valence-electron chi connectivity index (χ4n) is 4.35. The number of nitrogens with zero attached hydrogens (tertiary/aromatic N) is 1. The molecule has 0 heterocycles. The molecule has 5 nitrogen and oxygen atoms in total. The minimum absolute atomic E-state index is 0.114. The van der Waals surface area contributed by atoms with Gasteiger partial charge < -0.3 is 5.32 Å². The molecule has 1 aliphatic carbocycles. The Bertz CT molecular complexity index is 1270. The van der Waals surface area contributed by atoms with Gasteiger partial charge in [-0.3, -0.25) is 9.10 Å². The van der Waals surface area contributed by atoms with Crippen LogP contribution in [0.15, 0.2) is 66.7 Å². The van der Waals surface area contributed by atoms with E-state index in [-0.39, 0.29) is 18.5 Å². The highest BCUT2D eigenvalue weighted by molar-refractivity contribution is 7.92. The molecule has 1 N–H and O–H groups in total. The van der Waals surface area contributed by atoms with Crippen LogP contribution in [0.2, 0.25) is 0 Å². The molecule has 0 fully saturated rings. The van der Waals surface area contributed by atoms with E-state index in [1.54, 1.807) is 24.3 Å². The average Bonchev–Trinajstić information content (AvgIpc) is 3.26. The zero-order chi connectivity index (χ0) is 23.6. The van der Waals surface area contributed by atoms with Crippen molar-refractivity contribution in [2.45, 2.75) is 45.7 Å². The maximum atomic E-state index is 12.8. The minimum atomic E-state index is -3.49. The number of aryl methyl sites for hydroxylation is 3. The Kier molecular flexibility index (Phi) is 6.56. The van der Waals surface area contributed by atoms with Crippen molar-refractivity contribution in [2.24, 2.45) is 0 Å². The number of fused-ring (bicyclic) bond motifs is 1. The van der Waals surface area contributed by atoms with Crippen molar-refractivity contribution in [2.75, 3.05) is 10.6 Å². The summed E-state index contributed by atoms with van der Waals surface area (Å²) in [6.45, 7) is 4.19. The first-order chi connectivity index (χ1) is 15.7. The summed E-state index contributed by atoms with van der Waals surface area (Å²) in [7, 11) is -3.49. The van der Waals surface area contributed by atoms with Crippen LogP contribution >= 0.6 is 0 Å². The Morgan fingerprint density at radius 2 is 1.70 bits per heavy atom. The third-order valence-corrected chi connectivity index (χ3v) is 7.50. The number of anilines is 1. The van der Waals surface area contributed by atoms with E-state index < -0.39 is 10.0 Å². The SMILES string of the molecule is Cc1ccccc1CN(c1ccc(C(=O)NC(C)c2ccc3c(c2)CCC3)cc1)S(C)(=O)=O. The van der Waals surface area contributed by atoms with Gasteiger partial charge in [-0.15, -0.1) is 0 Å². The maximum Gasteiger partial charge on any atom is 0.251 e. The Morgan fingerprint density at radius 3 is 2.39 bits per heavy atom. The van der Waals surface area contributed by atoms with Crippen molar-refractivity contribution in [1.82, 2.24) is 5.32 Å². The number of sulfonamides is 1. The van der Waals surface area contributed by atoms with Crippen molar-refractivity contribution < 1.29 is 13.2 Å². The van der Waals surface area contributed by atoms with Gasteiger partial charge >= 0.3 is 0 Å². The average molecular weight is 463 g/mol. The smallest absolute Gasteiger partial charge is 0.251 e. The number of carbonyl (C=O) groups excluding carboxylic acids is 1. The summed E-state index contributed by atoms with van der Waals surface area (Å²) < 4.78 is 26.4. The zero-order valence-electron chi connectivity index (χ0n) is 19.3. The Labute approximate surface area is 196 Å². The predicted molar refractivity (Wildman–Crippen MR) is 133 cm³/mol. The Hall–Kier alpha value is -3.12. The van der Waals surface area contributed by atoms with E-state index in [0.717, 1.165) is 29.5 Å². The van der Waals surface area contributed by atoms with Gasteiger partial charge in [0, 0.05) is 5.56 Å². The second-order valence-electron chi connectivity index (χ2n) is 8.82. The van der Waals surface area contributed by atoms with Crippen LogP contribution in [0, 0.1) is 6.92 Å². The number of nitrogens with one attached hydrogen (secondary N) is 1. The van der Waals surface area contributed by atoms with E-state index in [4.69, 9.17) is 0 Å². The number of benzene rings is 3. The van der Waals surface area contributed by atoms with Gasteiger partial charge in [0.1, 0.15) is 0 Å². The van der Waals surface area contributed by atoms with Crippen LogP contribution < -0.4 is 9.62 Å². The molecule has 3 aromatic carbocycles. The molecular weight excluding hydrogens is 432 g/mol. The van der Waals surface area contributed by atoms with Crippen molar-refractivity contribution >= 4 is 21.6 Å². The molecule has 0 aliphatic heterocycles. The first-order valence-electron chi connectivity index (χ1n) is 11.3. The molecule has 0 saturated carbocycles. The fourth-order valence-corrected chi connectivity index (χ4v) is 5.22. The third kappa shape index (κ3) is 5.28. The maximum absolute atomic E-state index is 12.8. The van der Waals surface area contributed by atoms with Crippen LogP contribution in [0.3, 0.4) is 0 Å². The minimum Gasteiger partial charge on any atom is -0.346 e. The molecule has 0 saturated heterocycles. The lowest BCUT2D eigenvalue weighted by Crippen LogP contribution is -2.30. The van der Waals surface area contributed by atoms with E-state index in [9.17, 15) is 13.2 Å². The number of rotatable bonds is 7. The lowest BCUT2D eigenvalue weighted by Gasteiger charge is -2.23. The molecule has 1 atom stereocenters. The van der Waals surface area contributed by atoms with Crippen LogP contribution in [0.25, 0.3) is 0 Å². The van der Waals surface area contributed by atoms with Crippen LogP contribution in [0.5, 0.6) is 0 Å². The summed E-state index contributed by atoms with van der Waals surface area (Å²) in [6.07, 6.45) is 4.63. The fraction of sp³-hybridized carbons (Fsp3) is 0.296. The highest BCUT2D eigenvalue weighted by atomic mass is 32.2. The summed E-state index contributed by atoms with van der Waals surface area (Å²) in [6, 6.07) is 20.8. The van der Waals surface area contributed by atoms with Crippen LogP contribution in [-0.2, 0) is 29.4 Å². The topological polar surface area (TPSA) is 66.5 Å². The van der Waals surface area contributed by atoms with Crippen LogP contribution in [-0.4, -0.2) is 20.6 Å². The third-order valence-electron chi connectivity index (χ3n) is 6.36. The molecule has 33 heavy (non-hydrogen) atoms. The number of hydrogen-bond donors (Lipinski definition) is 1. The largest absolute Gasteiger partial charge is 0.346 e. The molecular formula is C27H30N2O3S. The molecule has 0 radical (unpaired) electrons. The van der Waals surface area contributed by atoms with Gasteiger partial charge in [0.15, 0.2) is 0 Å². The van der Waals surface area contributed by atoms with Gasteiger partial charge in [0.2, 0.25) is 10.0 Å². The molecule has 0 aromatic heterocycles. The van der Waals surface area contributed by atoms with E-state index in [1.165, 1.54) is 28.1 Å². The monoisotopic (exact) mass is 462 g/mol. The molecule has 4 rings (SSSR count). The summed E-state index contributed by atoms with van der Waals surface area (Å²) in [4.78, 5) is 12.8. The van der Waals surface area contributed by atoms with Gasteiger partial charge in [-0.05, 0) is 85.2 Å². The number of amides is 1. The van der Waals surface area contributed by atoms with Gasteiger partial charge in [0.05, 0.1) is 24.5 Å². The summed E-state index contributed by atoms with van der Waals surface area (Å²) in [5, 5.41) is 3.06. The molecule has 172 valence electrons. The standard InChI is InChI=1S/C27H30N2O3S/c1-19-7-4-5-8-25(19)18-29(33(3,31)32)26-15-13-22(14-16-26)27(30)28-20(2)23-12-11-21-9-6-10-24(21)17-23/h4-5,7-8,11-17,20H,6,9-10,18H2,1-3H3,(H,28,30). The first-order valence-corrected chi connectivity index (χ1v) is 13.1. The van der Waals surface area contributed by atoms with E-state index in [0.29, 0.717) is 11.3 Å². The number of carbonyl (C=O) groups is 1. The van der Waals surface area contributed by atoms with Crippen LogP contribution in [0.1, 0.15) is 57.6 Å². The molecule has 0 bridgehead atoms. The van der Waals surface area contributed by atoms with Crippen molar-refractivity contribution in [3.05, 3.63) is 100 Å². The van der Waals surface area contributed by atoms with Gasteiger partial charge in [-0.2, -0.15) is 0 Å². The lowest BCUT2D eigenvalue weighted by molar-refractivity contribution is 0.0940. The molecule has 1 unspecified atom stereocenters. The van der Waals surface area contributed by atoms with Gasteiger partial charge in [-0.1, -0.05) is 42.5 Å². The van der Waals surface area contributed by atoms with Crippen molar-refractivity contribution in [3.63, 3.8) is 0 Å². The Morgan fingerprint density at radius 1 is 1.00 bits per heavy atom. The quantitative estimate of drug-likeness (QED) is 0.541. The molecule has 3 aromatic rings. The highest BCUT2D eigenvalue weighted by Gasteiger charge is 2.20. The number of hydrogen-bond acceptors (Lipinski definition) is 3. The van der Waals surface area contributed by atoms with E-state index in [1.807, 2.05) is 38.1 Å². The predicted octanol–water partition coefficient (Wildman–Crippen LogP) is 4.94. The summed E-state index contributed by atoms with van der Waals surface area (Å²) >= 11 is 0. The van der Waals surface area contributed by atoms with Crippen molar-refractivity contribution in [3.8, 4) is 0 Å². The van der Waals surface area contributed by atoms with E-state index >= 15 is 0 Å². The second-order valence-corrected chi connectivity index (χ2v) is 10.7. The lowest BCUT2D eigenvalue weighted by atomic mass is 10.0. The summed E-state index contributed by atoms with van der Waals surface area (Å²) in [5.41, 5.74) is 6.89. The molecule has 6 heteroatoms. The van der Waals surface area contributed by atoms with Gasteiger partial charge in [0.25, 0.3) is 5.91 Å². The Balaban J connectivity index is 1.49. The van der Waals surface area contributed by atoms with Crippen LogP contribution in [0.4, 0.5) is 5.69 Å². The molecule has 0 spiro atoms. The zero-order valence-corrected chi connectivity index (χ0v) is 20.2. The first kappa shape index (κ1) is 23.1. The second kappa shape index (κ2) is 9.40. The normalized spacial score (nSPS) is 13.9. The van der Waals surface area contributed by atoms with E-state index in [2.05, 4.69) is 23.5 Å².